The van der Waals surface area contributed by atoms with Crippen LogP contribution in [-0.2, 0) is 0 Å². The minimum atomic E-state index is -0.277. The first-order chi connectivity index (χ1) is 15.9. The summed E-state index contributed by atoms with van der Waals surface area (Å²) in [7, 11) is 3.03. The molecule has 2 aromatic carbocycles. The highest BCUT2D eigenvalue weighted by Gasteiger charge is 2.18. The fourth-order valence-electron chi connectivity index (χ4n) is 3.68. The Bertz CT molecular complexity index is 1360. The van der Waals surface area contributed by atoms with Crippen LogP contribution in [0.3, 0.4) is 0 Å². The molecule has 0 aliphatic rings. The maximum absolute atomic E-state index is 14.1. The van der Waals surface area contributed by atoms with Gasteiger partial charge in [0.05, 0.1) is 24.6 Å². The van der Waals surface area contributed by atoms with Gasteiger partial charge in [0.1, 0.15) is 11.5 Å². The molecular weight excluding hydrogens is 441 g/mol. The summed E-state index contributed by atoms with van der Waals surface area (Å²) in [6.45, 7) is 1.81. The largest absolute Gasteiger partial charge is 0.493 e. The second-order valence-corrected chi connectivity index (χ2v) is 8.42. The van der Waals surface area contributed by atoms with Crippen molar-refractivity contribution in [2.24, 2.45) is 0 Å². The van der Waals surface area contributed by atoms with Crippen LogP contribution in [-0.4, -0.2) is 30.8 Å². The van der Waals surface area contributed by atoms with Crippen LogP contribution in [0.15, 0.2) is 53.9 Å². The lowest BCUT2D eigenvalue weighted by Crippen LogP contribution is -2.09. The second kappa shape index (κ2) is 9.50. The third-order valence-corrected chi connectivity index (χ3v) is 6.48. The lowest BCUT2D eigenvalue weighted by molar-refractivity contribution is 0.0914. The number of carbonyl (C=O) groups is 2. The molecule has 33 heavy (non-hydrogen) atoms. The van der Waals surface area contributed by atoms with E-state index in [9.17, 15) is 14.0 Å². The Morgan fingerprint density at radius 1 is 0.970 bits per heavy atom. The van der Waals surface area contributed by atoms with Crippen LogP contribution < -0.4 is 9.47 Å². The SMILES string of the molecule is COc1ccc(C(=O)CCC(=O)c2nc(-c3csc4c(F)cccc34)ccc2C)cc1OC. The van der Waals surface area contributed by atoms with E-state index in [1.54, 1.807) is 24.3 Å². The van der Waals surface area contributed by atoms with E-state index in [0.717, 1.165) is 16.5 Å². The highest BCUT2D eigenvalue weighted by molar-refractivity contribution is 7.17. The van der Waals surface area contributed by atoms with E-state index in [0.29, 0.717) is 33.2 Å². The van der Waals surface area contributed by atoms with Gasteiger partial charge in [0.15, 0.2) is 23.1 Å². The molecule has 0 saturated carbocycles. The molecule has 0 amide bonds. The molecule has 0 fully saturated rings. The predicted molar refractivity (Wildman–Crippen MR) is 127 cm³/mol. The number of halogens is 1. The van der Waals surface area contributed by atoms with Crippen LogP contribution in [0, 0.1) is 12.7 Å². The van der Waals surface area contributed by atoms with Gasteiger partial charge in [-0.25, -0.2) is 9.37 Å². The van der Waals surface area contributed by atoms with Gasteiger partial charge in [-0.2, -0.15) is 0 Å². The number of thiophene rings is 1. The van der Waals surface area contributed by atoms with Gasteiger partial charge < -0.3 is 9.47 Å². The minimum absolute atomic E-state index is 0.0312. The van der Waals surface area contributed by atoms with Gasteiger partial charge in [-0.15, -0.1) is 11.3 Å². The summed E-state index contributed by atoms with van der Waals surface area (Å²) in [4.78, 5) is 30.2. The molecule has 0 saturated heterocycles. The van der Waals surface area contributed by atoms with Crippen LogP contribution in [0.2, 0.25) is 0 Å². The van der Waals surface area contributed by atoms with Gasteiger partial charge in [0, 0.05) is 34.7 Å². The molecular formula is C26H22FNO4S. The monoisotopic (exact) mass is 463 g/mol. The number of fused-ring (bicyclic) bond motifs is 1. The molecule has 0 aliphatic carbocycles. The summed E-state index contributed by atoms with van der Waals surface area (Å²) in [5, 5.41) is 2.61. The summed E-state index contributed by atoms with van der Waals surface area (Å²) < 4.78 is 25.1. The molecule has 0 spiro atoms. The fourth-order valence-corrected chi connectivity index (χ4v) is 4.65. The molecule has 0 N–H and O–H groups in total. The molecule has 0 atom stereocenters. The number of Topliss-reactive ketones (excluding diaryl/α,β-unsaturated/α-hetero) is 2. The van der Waals surface area contributed by atoms with Crippen LogP contribution in [0.25, 0.3) is 21.3 Å². The van der Waals surface area contributed by atoms with Crippen molar-refractivity contribution in [3.8, 4) is 22.8 Å². The number of aryl methyl sites for hydroxylation is 1. The second-order valence-electron chi connectivity index (χ2n) is 7.54. The van der Waals surface area contributed by atoms with Crippen LogP contribution >= 0.6 is 11.3 Å². The summed E-state index contributed by atoms with van der Waals surface area (Å²) in [5.41, 5.74) is 2.89. The minimum Gasteiger partial charge on any atom is -0.493 e. The van der Waals surface area contributed by atoms with Crippen molar-refractivity contribution >= 4 is 33.0 Å². The maximum atomic E-state index is 14.1. The Hall–Kier alpha value is -3.58. The predicted octanol–water partition coefficient (Wildman–Crippen LogP) is 6.27. The fraction of sp³-hybridized carbons (Fsp3) is 0.192. The topological polar surface area (TPSA) is 65.5 Å². The van der Waals surface area contributed by atoms with E-state index >= 15 is 0 Å². The van der Waals surface area contributed by atoms with E-state index in [1.165, 1.54) is 31.6 Å². The number of methoxy groups -OCH3 is 2. The molecule has 0 bridgehead atoms. The van der Waals surface area contributed by atoms with E-state index in [1.807, 2.05) is 30.5 Å². The van der Waals surface area contributed by atoms with E-state index in [2.05, 4.69) is 4.98 Å². The Kier molecular flexibility index (Phi) is 6.51. The third-order valence-electron chi connectivity index (χ3n) is 5.47. The Morgan fingerprint density at radius 2 is 1.73 bits per heavy atom. The summed E-state index contributed by atoms with van der Waals surface area (Å²) in [6.07, 6.45) is 0.0791. The number of ketones is 2. The highest BCUT2D eigenvalue weighted by atomic mass is 32.1. The van der Waals surface area contributed by atoms with Crippen molar-refractivity contribution in [1.29, 1.82) is 0 Å². The quantitative estimate of drug-likeness (QED) is 0.288. The van der Waals surface area contributed by atoms with E-state index < -0.39 is 0 Å². The molecule has 7 heteroatoms. The van der Waals surface area contributed by atoms with Gasteiger partial charge in [-0.1, -0.05) is 18.2 Å². The van der Waals surface area contributed by atoms with Crippen molar-refractivity contribution < 1.29 is 23.5 Å². The number of benzene rings is 2. The van der Waals surface area contributed by atoms with Gasteiger partial charge in [-0.05, 0) is 42.8 Å². The summed E-state index contributed by atoms with van der Waals surface area (Å²) in [6, 6.07) is 13.5. The Balaban J connectivity index is 1.54. The molecule has 0 radical (unpaired) electrons. The molecule has 2 aromatic heterocycles. The number of rotatable bonds is 8. The number of aromatic nitrogens is 1. The molecule has 0 aliphatic heterocycles. The average molecular weight is 464 g/mol. The maximum Gasteiger partial charge on any atom is 0.181 e. The molecule has 5 nitrogen and oxygen atoms in total. The normalized spacial score (nSPS) is 10.9. The zero-order valence-electron chi connectivity index (χ0n) is 18.5. The lowest BCUT2D eigenvalue weighted by Gasteiger charge is -2.09. The van der Waals surface area contributed by atoms with Gasteiger partial charge >= 0.3 is 0 Å². The van der Waals surface area contributed by atoms with Crippen LogP contribution in [0.1, 0.15) is 39.3 Å². The Morgan fingerprint density at radius 3 is 2.48 bits per heavy atom. The molecule has 4 rings (SSSR count). The first-order valence-electron chi connectivity index (χ1n) is 10.3. The van der Waals surface area contributed by atoms with Crippen molar-refractivity contribution in [2.45, 2.75) is 19.8 Å². The Labute approximate surface area is 194 Å². The number of hydrogen-bond donors (Lipinski definition) is 0. The smallest absolute Gasteiger partial charge is 0.181 e. The van der Waals surface area contributed by atoms with Crippen LogP contribution in [0.5, 0.6) is 11.5 Å². The van der Waals surface area contributed by atoms with Gasteiger partial charge in [0.2, 0.25) is 0 Å². The summed E-state index contributed by atoms with van der Waals surface area (Å²) in [5.74, 6) is 0.328. The first kappa shape index (κ1) is 22.6. The van der Waals surface area contributed by atoms with Crippen molar-refractivity contribution in [3.05, 3.63) is 76.5 Å². The zero-order valence-corrected chi connectivity index (χ0v) is 19.3. The first-order valence-corrected chi connectivity index (χ1v) is 11.2. The number of hydrogen-bond acceptors (Lipinski definition) is 6. The third kappa shape index (κ3) is 4.50. The van der Waals surface area contributed by atoms with E-state index in [4.69, 9.17) is 9.47 Å². The summed E-state index contributed by atoms with van der Waals surface area (Å²) >= 11 is 1.31. The van der Waals surface area contributed by atoms with Crippen molar-refractivity contribution in [1.82, 2.24) is 4.98 Å². The molecule has 2 heterocycles. The number of nitrogens with zero attached hydrogens (tertiary/aromatic N) is 1. The van der Waals surface area contributed by atoms with Gasteiger partial charge in [0.25, 0.3) is 0 Å². The molecule has 168 valence electrons. The van der Waals surface area contributed by atoms with Crippen LogP contribution in [0.4, 0.5) is 4.39 Å². The number of ether oxygens (including phenoxy) is 2. The zero-order chi connectivity index (χ0) is 23.5. The standard InChI is InChI=1S/C26H22FNO4S/c1-15-7-9-20(18-14-33-26-17(18)5-4-6-19(26)27)28-25(15)22(30)11-10-21(29)16-8-12-23(31-2)24(13-16)32-3/h4-9,12-14H,10-11H2,1-3H3. The molecule has 0 unspecified atom stereocenters. The van der Waals surface area contributed by atoms with E-state index in [-0.39, 0.29) is 30.2 Å². The molecule has 4 aromatic rings. The number of pyridine rings is 1. The highest BCUT2D eigenvalue weighted by Crippen LogP contribution is 2.35. The lowest BCUT2D eigenvalue weighted by atomic mass is 10.0. The van der Waals surface area contributed by atoms with Gasteiger partial charge in [-0.3, -0.25) is 9.59 Å². The number of carbonyl (C=O) groups excluding carboxylic acids is 2. The van der Waals surface area contributed by atoms with Crippen molar-refractivity contribution in [3.63, 3.8) is 0 Å². The van der Waals surface area contributed by atoms with Crippen molar-refractivity contribution in [2.75, 3.05) is 14.2 Å². The average Bonchev–Trinajstić information content (AvgIpc) is 3.27.